The van der Waals surface area contributed by atoms with Crippen LogP contribution in [-0.2, 0) is 0 Å². The normalized spacial score (nSPS) is 9.17. The van der Waals surface area contributed by atoms with Gasteiger partial charge in [0.15, 0.2) is 0 Å². The van der Waals surface area contributed by atoms with Gasteiger partial charge in [-0.3, -0.25) is 4.79 Å². The van der Waals surface area contributed by atoms with Gasteiger partial charge in [0.05, 0.1) is 0 Å². The molecule has 5 heteroatoms. The fourth-order valence-corrected chi connectivity index (χ4v) is 1.26. The van der Waals surface area contributed by atoms with Crippen molar-refractivity contribution in [2.45, 2.75) is 6.42 Å². The second-order valence-corrected chi connectivity index (χ2v) is 3.52. The molecule has 1 amide bonds. The third-order valence-electron chi connectivity index (χ3n) is 2.15. The summed E-state index contributed by atoms with van der Waals surface area (Å²) in [6.07, 6.45) is 2.46. The SMILES string of the molecule is C=CCOc1ccc(C(=O)NCCCN)cc1.Cl. The van der Waals surface area contributed by atoms with Crippen LogP contribution in [0, 0.1) is 0 Å². The Labute approximate surface area is 114 Å². The maximum Gasteiger partial charge on any atom is 0.251 e. The van der Waals surface area contributed by atoms with Gasteiger partial charge in [0, 0.05) is 12.1 Å². The zero-order chi connectivity index (χ0) is 12.5. The number of amides is 1. The number of hydrogen-bond donors (Lipinski definition) is 2. The molecule has 1 rings (SSSR count). The number of hydrogen-bond acceptors (Lipinski definition) is 3. The molecule has 0 aliphatic carbocycles. The second kappa shape index (κ2) is 9.50. The van der Waals surface area contributed by atoms with Gasteiger partial charge in [-0.25, -0.2) is 0 Å². The van der Waals surface area contributed by atoms with Crippen LogP contribution in [0.15, 0.2) is 36.9 Å². The van der Waals surface area contributed by atoms with E-state index in [9.17, 15) is 4.79 Å². The zero-order valence-corrected chi connectivity index (χ0v) is 11.0. The summed E-state index contributed by atoms with van der Waals surface area (Å²) in [7, 11) is 0. The second-order valence-electron chi connectivity index (χ2n) is 3.52. The van der Waals surface area contributed by atoms with Crippen LogP contribution in [0.3, 0.4) is 0 Å². The lowest BCUT2D eigenvalue weighted by atomic mass is 10.2. The summed E-state index contributed by atoms with van der Waals surface area (Å²) < 4.78 is 5.32. The van der Waals surface area contributed by atoms with Crippen LogP contribution in [0.5, 0.6) is 5.75 Å². The van der Waals surface area contributed by atoms with Gasteiger partial charge in [0.25, 0.3) is 5.91 Å². The fraction of sp³-hybridized carbons (Fsp3) is 0.308. The predicted octanol–water partition coefficient (Wildman–Crippen LogP) is 1.75. The van der Waals surface area contributed by atoms with Crippen molar-refractivity contribution in [1.82, 2.24) is 5.32 Å². The van der Waals surface area contributed by atoms with Crippen molar-refractivity contribution in [3.63, 3.8) is 0 Å². The Morgan fingerprint density at radius 1 is 1.39 bits per heavy atom. The summed E-state index contributed by atoms with van der Waals surface area (Å²) in [5, 5.41) is 2.79. The van der Waals surface area contributed by atoms with E-state index in [-0.39, 0.29) is 18.3 Å². The molecule has 0 unspecified atom stereocenters. The van der Waals surface area contributed by atoms with E-state index in [0.717, 1.165) is 12.2 Å². The van der Waals surface area contributed by atoms with Crippen LogP contribution in [0.25, 0.3) is 0 Å². The number of nitrogens with one attached hydrogen (secondary N) is 1. The highest BCUT2D eigenvalue weighted by Crippen LogP contribution is 2.11. The lowest BCUT2D eigenvalue weighted by molar-refractivity contribution is 0.0953. The molecule has 1 aromatic rings. The minimum absolute atomic E-state index is 0. The molecular weight excluding hydrogens is 252 g/mol. The third kappa shape index (κ3) is 5.70. The molecule has 4 nitrogen and oxygen atoms in total. The van der Waals surface area contributed by atoms with E-state index < -0.39 is 0 Å². The summed E-state index contributed by atoms with van der Waals surface area (Å²) in [6, 6.07) is 7.00. The molecule has 0 aliphatic rings. The molecule has 18 heavy (non-hydrogen) atoms. The molecule has 1 aromatic carbocycles. The molecule has 0 radical (unpaired) electrons. The van der Waals surface area contributed by atoms with Crippen LogP contribution in [0.1, 0.15) is 16.8 Å². The van der Waals surface area contributed by atoms with Crippen LogP contribution >= 0.6 is 12.4 Å². The Bertz CT molecular complexity index is 366. The molecule has 0 heterocycles. The summed E-state index contributed by atoms with van der Waals surface area (Å²) in [5.41, 5.74) is 5.96. The van der Waals surface area contributed by atoms with Gasteiger partial charge >= 0.3 is 0 Å². The molecule has 0 fully saturated rings. The van der Waals surface area contributed by atoms with Crippen molar-refractivity contribution in [1.29, 1.82) is 0 Å². The molecule has 0 spiro atoms. The van der Waals surface area contributed by atoms with Crippen molar-refractivity contribution in [2.75, 3.05) is 19.7 Å². The van der Waals surface area contributed by atoms with Crippen LogP contribution in [0.4, 0.5) is 0 Å². The average Bonchev–Trinajstić information content (AvgIpc) is 2.37. The summed E-state index contributed by atoms with van der Waals surface area (Å²) in [6.45, 7) is 5.20. The van der Waals surface area contributed by atoms with E-state index in [1.165, 1.54) is 0 Å². The maximum atomic E-state index is 11.6. The monoisotopic (exact) mass is 270 g/mol. The zero-order valence-electron chi connectivity index (χ0n) is 10.2. The molecule has 0 bridgehead atoms. The molecular formula is C13H19ClN2O2. The first kappa shape index (κ1) is 16.5. The number of halogens is 1. The minimum atomic E-state index is -0.0891. The highest BCUT2D eigenvalue weighted by molar-refractivity contribution is 5.94. The van der Waals surface area contributed by atoms with Crippen LogP contribution < -0.4 is 15.8 Å². The quantitative estimate of drug-likeness (QED) is 0.586. The number of ether oxygens (including phenoxy) is 1. The maximum absolute atomic E-state index is 11.6. The Morgan fingerprint density at radius 3 is 2.61 bits per heavy atom. The first-order chi connectivity index (χ1) is 8.27. The summed E-state index contributed by atoms with van der Waals surface area (Å²) >= 11 is 0. The van der Waals surface area contributed by atoms with Crippen molar-refractivity contribution < 1.29 is 9.53 Å². The molecule has 0 atom stereocenters. The molecule has 0 saturated heterocycles. The van der Waals surface area contributed by atoms with E-state index >= 15 is 0 Å². The van der Waals surface area contributed by atoms with Gasteiger partial charge in [0.2, 0.25) is 0 Å². The van der Waals surface area contributed by atoms with E-state index in [4.69, 9.17) is 10.5 Å². The van der Waals surface area contributed by atoms with E-state index in [2.05, 4.69) is 11.9 Å². The third-order valence-corrected chi connectivity index (χ3v) is 2.15. The number of carbonyl (C=O) groups excluding carboxylic acids is 1. The Balaban J connectivity index is 0.00000289. The van der Waals surface area contributed by atoms with Crippen molar-refractivity contribution >= 4 is 18.3 Å². The van der Waals surface area contributed by atoms with Gasteiger partial charge in [-0.2, -0.15) is 0 Å². The standard InChI is InChI=1S/C13H18N2O2.ClH/c1-2-10-17-12-6-4-11(5-7-12)13(16)15-9-3-8-14;/h2,4-7H,1,3,8-10,14H2,(H,15,16);1H. The minimum Gasteiger partial charge on any atom is -0.490 e. The summed E-state index contributed by atoms with van der Waals surface area (Å²) in [4.78, 5) is 11.6. The van der Waals surface area contributed by atoms with Gasteiger partial charge in [-0.05, 0) is 37.2 Å². The number of benzene rings is 1. The number of nitrogens with two attached hydrogens (primary N) is 1. The number of carbonyl (C=O) groups is 1. The van der Waals surface area contributed by atoms with Crippen molar-refractivity contribution in [2.24, 2.45) is 5.73 Å². The van der Waals surface area contributed by atoms with Crippen molar-refractivity contribution in [3.05, 3.63) is 42.5 Å². The topological polar surface area (TPSA) is 64.3 Å². The Morgan fingerprint density at radius 2 is 2.06 bits per heavy atom. The summed E-state index contributed by atoms with van der Waals surface area (Å²) in [5.74, 6) is 0.636. The van der Waals surface area contributed by atoms with Gasteiger partial charge in [-0.15, -0.1) is 12.4 Å². The first-order valence-corrected chi connectivity index (χ1v) is 5.60. The highest BCUT2D eigenvalue weighted by Gasteiger charge is 2.04. The molecule has 0 saturated carbocycles. The largest absolute Gasteiger partial charge is 0.490 e. The Hall–Kier alpha value is -1.52. The Kier molecular flexibility index (Phi) is 8.70. The molecule has 100 valence electrons. The van der Waals surface area contributed by atoms with Crippen LogP contribution in [-0.4, -0.2) is 25.6 Å². The van der Waals surface area contributed by atoms with E-state index in [1.807, 2.05) is 0 Å². The predicted molar refractivity (Wildman–Crippen MR) is 75.4 cm³/mol. The van der Waals surface area contributed by atoms with Gasteiger partial charge in [-0.1, -0.05) is 12.7 Å². The lowest BCUT2D eigenvalue weighted by Gasteiger charge is -2.06. The van der Waals surface area contributed by atoms with E-state index in [0.29, 0.717) is 25.3 Å². The highest BCUT2D eigenvalue weighted by atomic mass is 35.5. The van der Waals surface area contributed by atoms with E-state index in [1.54, 1.807) is 30.3 Å². The lowest BCUT2D eigenvalue weighted by Crippen LogP contribution is -2.25. The average molecular weight is 271 g/mol. The molecule has 3 N–H and O–H groups in total. The van der Waals surface area contributed by atoms with Gasteiger partial charge < -0.3 is 15.8 Å². The first-order valence-electron chi connectivity index (χ1n) is 5.60. The fourth-order valence-electron chi connectivity index (χ4n) is 1.26. The smallest absolute Gasteiger partial charge is 0.251 e. The van der Waals surface area contributed by atoms with Gasteiger partial charge in [0.1, 0.15) is 12.4 Å². The van der Waals surface area contributed by atoms with Crippen molar-refractivity contribution in [3.8, 4) is 5.75 Å². The molecule has 0 aromatic heterocycles. The number of rotatable bonds is 7. The van der Waals surface area contributed by atoms with Crippen LogP contribution in [0.2, 0.25) is 0 Å². The molecule has 0 aliphatic heterocycles.